The maximum absolute atomic E-state index is 13.4. The maximum atomic E-state index is 13.4. The van der Waals surface area contributed by atoms with Gasteiger partial charge in [-0.15, -0.1) is 11.3 Å². The Morgan fingerprint density at radius 3 is 2.26 bits per heavy atom. The van der Waals surface area contributed by atoms with Gasteiger partial charge in [0.1, 0.15) is 16.4 Å². The minimum atomic E-state index is -0.0970. The molecule has 0 saturated heterocycles. The number of rotatable bonds is 5. The second-order valence-electron chi connectivity index (χ2n) is 6.41. The van der Waals surface area contributed by atoms with Crippen LogP contribution in [0.4, 0.5) is 0 Å². The van der Waals surface area contributed by atoms with Crippen LogP contribution in [0, 0.1) is 0 Å². The Labute approximate surface area is 160 Å². The van der Waals surface area contributed by atoms with Crippen molar-refractivity contribution in [3.63, 3.8) is 0 Å². The van der Waals surface area contributed by atoms with E-state index < -0.39 is 0 Å². The van der Waals surface area contributed by atoms with Crippen molar-refractivity contribution in [3.05, 3.63) is 76.4 Å². The predicted octanol–water partition coefficient (Wildman–Crippen LogP) is 4.77. The van der Waals surface area contributed by atoms with Crippen molar-refractivity contribution in [1.82, 2.24) is 9.55 Å². The van der Waals surface area contributed by atoms with E-state index >= 15 is 0 Å². The van der Waals surface area contributed by atoms with Gasteiger partial charge in [-0.3, -0.25) is 14.2 Å². The van der Waals surface area contributed by atoms with E-state index in [1.165, 1.54) is 11.3 Å². The molecule has 0 atom stereocenters. The number of aromatic nitrogens is 2. The van der Waals surface area contributed by atoms with Crippen molar-refractivity contribution >= 4 is 27.3 Å². The van der Waals surface area contributed by atoms with Crippen LogP contribution in [0.25, 0.3) is 32.7 Å². The Balaban J connectivity index is 1.98. The quantitative estimate of drug-likeness (QED) is 0.505. The number of Topliss-reactive ketones (excluding diaryl/α,β-unsaturated/α-hetero) is 1. The molecule has 0 fully saturated rings. The van der Waals surface area contributed by atoms with E-state index in [-0.39, 0.29) is 11.3 Å². The largest absolute Gasteiger partial charge is 0.300 e. The fraction of sp³-hybridized carbons (Fsp3) is 0.136. The summed E-state index contributed by atoms with van der Waals surface area (Å²) in [6, 6.07) is 19.5. The first kappa shape index (κ1) is 17.4. The minimum absolute atomic E-state index is 0.0506. The van der Waals surface area contributed by atoms with Crippen LogP contribution in [-0.2, 0) is 11.3 Å². The van der Waals surface area contributed by atoms with Gasteiger partial charge in [0.15, 0.2) is 0 Å². The number of benzene rings is 2. The van der Waals surface area contributed by atoms with Crippen LogP contribution < -0.4 is 5.56 Å². The van der Waals surface area contributed by atoms with Crippen LogP contribution in [0.2, 0.25) is 0 Å². The lowest BCUT2D eigenvalue weighted by atomic mass is 10.1. The summed E-state index contributed by atoms with van der Waals surface area (Å²) in [4.78, 5) is 30.5. The van der Waals surface area contributed by atoms with E-state index in [1.54, 1.807) is 11.5 Å². The van der Waals surface area contributed by atoms with E-state index in [0.717, 1.165) is 21.5 Å². The third-order valence-electron chi connectivity index (χ3n) is 4.50. The molecule has 134 valence electrons. The smallest absolute Gasteiger partial charge is 0.263 e. The zero-order chi connectivity index (χ0) is 18.8. The Bertz CT molecular complexity index is 1160. The third-order valence-corrected chi connectivity index (χ3v) is 5.37. The van der Waals surface area contributed by atoms with E-state index in [1.807, 2.05) is 66.0 Å². The van der Waals surface area contributed by atoms with Crippen LogP contribution in [-0.4, -0.2) is 15.3 Å². The number of hydrogen-bond acceptors (Lipinski definition) is 4. The molecule has 0 saturated carbocycles. The van der Waals surface area contributed by atoms with Gasteiger partial charge in [0.2, 0.25) is 0 Å². The maximum Gasteiger partial charge on any atom is 0.263 e. The van der Waals surface area contributed by atoms with Gasteiger partial charge in [0.25, 0.3) is 5.56 Å². The Morgan fingerprint density at radius 1 is 1.00 bits per heavy atom. The van der Waals surface area contributed by atoms with Crippen molar-refractivity contribution in [2.75, 3.05) is 0 Å². The van der Waals surface area contributed by atoms with Crippen LogP contribution in [0.1, 0.15) is 13.3 Å². The number of hydrogen-bond donors (Lipinski definition) is 0. The van der Waals surface area contributed by atoms with Gasteiger partial charge in [-0.25, -0.2) is 4.98 Å². The molecule has 0 spiro atoms. The molecule has 4 aromatic rings. The van der Waals surface area contributed by atoms with E-state index in [0.29, 0.717) is 24.2 Å². The monoisotopic (exact) mass is 374 g/mol. The van der Waals surface area contributed by atoms with Gasteiger partial charge in [0, 0.05) is 29.5 Å². The number of carbonyl (C=O) groups excluding carboxylic acids is 1. The molecule has 27 heavy (non-hydrogen) atoms. The summed E-state index contributed by atoms with van der Waals surface area (Å²) in [7, 11) is 0. The van der Waals surface area contributed by atoms with Crippen LogP contribution in [0.5, 0.6) is 0 Å². The third kappa shape index (κ3) is 3.34. The Hall–Kier alpha value is -3.05. The van der Waals surface area contributed by atoms with Crippen molar-refractivity contribution < 1.29 is 4.79 Å². The summed E-state index contributed by atoms with van der Waals surface area (Å²) in [5.41, 5.74) is 2.66. The summed E-state index contributed by atoms with van der Waals surface area (Å²) in [6.07, 6.45) is 0.303. The highest BCUT2D eigenvalue weighted by molar-refractivity contribution is 7.17. The SMILES string of the molecule is CC(=O)CCn1c(-c2ccccc2)nc2scc(-c3ccccc3)c2c1=O. The summed E-state index contributed by atoms with van der Waals surface area (Å²) in [5.74, 6) is 0.658. The lowest BCUT2D eigenvalue weighted by molar-refractivity contribution is -0.117. The average molecular weight is 374 g/mol. The van der Waals surface area contributed by atoms with E-state index in [9.17, 15) is 9.59 Å². The van der Waals surface area contributed by atoms with Gasteiger partial charge in [0.05, 0.1) is 5.39 Å². The molecule has 2 aromatic heterocycles. The first-order chi connectivity index (χ1) is 13.1. The predicted molar refractivity (Wildman–Crippen MR) is 110 cm³/mol. The standard InChI is InChI=1S/C22H18N2O2S/c1-15(25)12-13-24-20(17-10-6-3-7-11-17)23-21-19(22(24)26)18(14-27-21)16-8-4-2-5-9-16/h2-11,14H,12-13H2,1H3. The number of ketones is 1. The van der Waals surface area contributed by atoms with E-state index in [4.69, 9.17) is 4.98 Å². The number of nitrogens with zero attached hydrogens (tertiary/aromatic N) is 2. The van der Waals surface area contributed by atoms with E-state index in [2.05, 4.69) is 0 Å². The normalized spacial score (nSPS) is 11.0. The second kappa shape index (κ2) is 7.29. The molecule has 2 heterocycles. The van der Waals surface area contributed by atoms with Crippen LogP contribution in [0.15, 0.2) is 70.8 Å². The molecule has 5 heteroatoms. The average Bonchev–Trinajstić information content (AvgIpc) is 3.12. The minimum Gasteiger partial charge on any atom is -0.300 e. The summed E-state index contributed by atoms with van der Waals surface area (Å²) < 4.78 is 1.64. The van der Waals surface area contributed by atoms with Crippen molar-refractivity contribution in [3.8, 4) is 22.5 Å². The Kier molecular flexibility index (Phi) is 4.69. The highest BCUT2D eigenvalue weighted by atomic mass is 32.1. The molecule has 0 aliphatic rings. The van der Waals surface area contributed by atoms with Gasteiger partial charge in [-0.2, -0.15) is 0 Å². The topological polar surface area (TPSA) is 52.0 Å². The zero-order valence-corrected chi connectivity index (χ0v) is 15.7. The number of fused-ring (bicyclic) bond motifs is 1. The zero-order valence-electron chi connectivity index (χ0n) is 14.9. The fourth-order valence-electron chi connectivity index (χ4n) is 3.14. The lowest BCUT2D eigenvalue weighted by Crippen LogP contribution is -2.24. The molecule has 0 aliphatic heterocycles. The first-order valence-electron chi connectivity index (χ1n) is 8.77. The molecule has 0 unspecified atom stereocenters. The highest BCUT2D eigenvalue weighted by Crippen LogP contribution is 2.32. The van der Waals surface area contributed by atoms with Crippen molar-refractivity contribution in [2.24, 2.45) is 0 Å². The molecule has 4 nitrogen and oxygen atoms in total. The lowest BCUT2D eigenvalue weighted by Gasteiger charge is -2.12. The number of thiophene rings is 1. The molecule has 0 amide bonds. The molecule has 2 aromatic carbocycles. The molecule has 4 rings (SSSR count). The second-order valence-corrected chi connectivity index (χ2v) is 7.26. The highest BCUT2D eigenvalue weighted by Gasteiger charge is 2.18. The summed E-state index contributed by atoms with van der Waals surface area (Å²) >= 11 is 1.47. The first-order valence-corrected chi connectivity index (χ1v) is 9.65. The number of carbonyl (C=O) groups is 1. The van der Waals surface area contributed by atoms with Crippen LogP contribution in [0.3, 0.4) is 0 Å². The fourth-order valence-corrected chi connectivity index (χ4v) is 4.08. The summed E-state index contributed by atoms with van der Waals surface area (Å²) in [5, 5.41) is 2.60. The van der Waals surface area contributed by atoms with Gasteiger partial charge in [-0.05, 0) is 12.5 Å². The molecular formula is C22H18N2O2S. The molecular weight excluding hydrogens is 356 g/mol. The van der Waals surface area contributed by atoms with Gasteiger partial charge in [-0.1, -0.05) is 60.7 Å². The Morgan fingerprint density at radius 2 is 1.63 bits per heavy atom. The van der Waals surface area contributed by atoms with Gasteiger partial charge < -0.3 is 0 Å². The summed E-state index contributed by atoms with van der Waals surface area (Å²) in [6.45, 7) is 1.87. The van der Waals surface area contributed by atoms with Gasteiger partial charge >= 0.3 is 0 Å². The molecule has 0 radical (unpaired) electrons. The van der Waals surface area contributed by atoms with Crippen molar-refractivity contribution in [1.29, 1.82) is 0 Å². The van der Waals surface area contributed by atoms with Crippen LogP contribution >= 0.6 is 11.3 Å². The molecule has 0 N–H and O–H groups in total. The molecule has 0 bridgehead atoms. The molecule has 0 aliphatic carbocycles. The van der Waals surface area contributed by atoms with Crippen molar-refractivity contribution in [2.45, 2.75) is 19.9 Å².